The smallest absolute Gasteiger partial charge is 0.307 e. The first-order valence-electron chi connectivity index (χ1n) is 10.1. The molecule has 3 aromatic carbocycles. The van der Waals surface area contributed by atoms with Gasteiger partial charge in [-0.25, -0.2) is 5.43 Å². The monoisotopic (exact) mass is 418 g/mol. The highest BCUT2D eigenvalue weighted by Gasteiger charge is 2.12. The van der Waals surface area contributed by atoms with Crippen LogP contribution in [0.5, 0.6) is 0 Å². The van der Waals surface area contributed by atoms with Gasteiger partial charge in [-0.1, -0.05) is 54.6 Å². The number of para-hydroxylation sites is 2. The molecule has 154 valence electrons. The Balaban J connectivity index is 1.40. The number of aromatic nitrogens is 1. The third kappa shape index (κ3) is 3.64. The number of rotatable bonds is 5. The summed E-state index contributed by atoms with van der Waals surface area (Å²) in [5.74, 6) is -0.206. The van der Waals surface area contributed by atoms with Crippen LogP contribution in [0.1, 0.15) is 27.2 Å². The lowest BCUT2D eigenvalue weighted by molar-refractivity contribution is 0.0929. The summed E-state index contributed by atoms with van der Waals surface area (Å²) in [4.78, 5) is 12.4. The average molecular weight is 418 g/mol. The number of furan rings is 1. The van der Waals surface area contributed by atoms with E-state index in [-0.39, 0.29) is 5.76 Å². The molecule has 6 nitrogen and oxygen atoms in total. The third-order valence-electron chi connectivity index (χ3n) is 5.32. The van der Waals surface area contributed by atoms with E-state index in [2.05, 4.69) is 21.2 Å². The predicted octanol–water partition coefficient (Wildman–Crippen LogP) is 5.07. The Bertz CT molecular complexity index is 1480. The fourth-order valence-electron chi connectivity index (χ4n) is 3.77. The van der Waals surface area contributed by atoms with Crippen LogP contribution in [0.4, 0.5) is 0 Å². The molecule has 0 aliphatic carbocycles. The Hall–Kier alpha value is -4.63. The number of hydrazone groups is 1. The zero-order valence-corrected chi connectivity index (χ0v) is 17.0. The van der Waals surface area contributed by atoms with Gasteiger partial charge in [-0.15, -0.1) is 0 Å². The maximum absolute atomic E-state index is 12.4. The number of carbonyl (C=O) groups is 1. The van der Waals surface area contributed by atoms with Crippen LogP contribution in [0.25, 0.3) is 21.9 Å². The lowest BCUT2D eigenvalue weighted by Gasteiger charge is -2.07. The van der Waals surface area contributed by atoms with Gasteiger partial charge in [-0.05, 0) is 29.8 Å². The quantitative estimate of drug-likeness (QED) is 0.319. The Morgan fingerprint density at radius 1 is 1.06 bits per heavy atom. The normalized spacial score (nSPS) is 11.2. The second-order valence-corrected chi connectivity index (χ2v) is 7.35. The van der Waals surface area contributed by atoms with Gasteiger partial charge in [0, 0.05) is 34.6 Å². The molecular weight excluding hydrogens is 400 g/mol. The highest BCUT2D eigenvalue weighted by Crippen LogP contribution is 2.22. The number of hydrogen-bond acceptors (Lipinski definition) is 4. The van der Waals surface area contributed by atoms with Crippen LogP contribution in [0.2, 0.25) is 0 Å². The van der Waals surface area contributed by atoms with Crippen molar-refractivity contribution in [2.75, 3.05) is 0 Å². The van der Waals surface area contributed by atoms with Crippen LogP contribution >= 0.6 is 0 Å². The molecule has 32 heavy (non-hydrogen) atoms. The SMILES string of the molecule is N#Cc1ccccc1Cn1cc(/C=N/NC(=O)c2cc3ccccc3o2)c2ccccc21. The van der Waals surface area contributed by atoms with E-state index in [9.17, 15) is 10.1 Å². The summed E-state index contributed by atoms with van der Waals surface area (Å²) in [6, 6.07) is 26.9. The summed E-state index contributed by atoms with van der Waals surface area (Å²) in [6.45, 7) is 0.559. The Morgan fingerprint density at radius 2 is 1.84 bits per heavy atom. The van der Waals surface area contributed by atoms with E-state index in [0.717, 1.165) is 27.4 Å². The highest BCUT2D eigenvalue weighted by atomic mass is 16.3. The van der Waals surface area contributed by atoms with Gasteiger partial charge in [0.25, 0.3) is 0 Å². The molecule has 0 saturated heterocycles. The van der Waals surface area contributed by atoms with Crippen molar-refractivity contribution < 1.29 is 9.21 Å². The van der Waals surface area contributed by atoms with Gasteiger partial charge in [-0.2, -0.15) is 10.4 Å². The van der Waals surface area contributed by atoms with Gasteiger partial charge >= 0.3 is 5.91 Å². The van der Waals surface area contributed by atoms with E-state index in [0.29, 0.717) is 17.7 Å². The molecule has 2 heterocycles. The van der Waals surface area contributed by atoms with Crippen molar-refractivity contribution in [1.82, 2.24) is 9.99 Å². The largest absolute Gasteiger partial charge is 0.451 e. The topological polar surface area (TPSA) is 83.3 Å². The molecule has 6 heteroatoms. The molecule has 0 aliphatic heterocycles. The molecule has 5 rings (SSSR count). The third-order valence-corrected chi connectivity index (χ3v) is 5.32. The molecule has 5 aromatic rings. The number of amides is 1. The Kier molecular flexibility index (Phi) is 4.98. The number of benzene rings is 3. The van der Waals surface area contributed by atoms with E-state index in [4.69, 9.17) is 4.42 Å². The maximum Gasteiger partial charge on any atom is 0.307 e. The van der Waals surface area contributed by atoms with Crippen molar-refractivity contribution in [1.29, 1.82) is 5.26 Å². The van der Waals surface area contributed by atoms with Crippen LogP contribution < -0.4 is 5.43 Å². The summed E-state index contributed by atoms with van der Waals surface area (Å²) in [6.07, 6.45) is 3.59. The molecule has 0 spiro atoms. The van der Waals surface area contributed by atoms with Crippen LogP contribution in [-0.4, -0.2) is 16.7 Å². The molecule has 0 bridgehead atoms. The Morgan fingerprint density at radius 3 is 2.72 bits per heavy atom. The molecule has 0 fully saturated rings. The number of nitrogens with one attached hydrogen (secondary N) is 1. The van der Waals surface area contributed by atoms with Crippen molar-refractivity contribution in [3.63, 3.8) is 0 Å². The number of nitrogens with zero attached hydrogens (tertiary/aromatic N) is 3. The van der Waals surface area contributed by atoms with Crippen molar-refractivity contribution in [3.8, 4) is 6.07 Å². The summed E-state index contributed by atoms with van der Waals surface area (Å²) in [5, 5.41) is 15.4. The number of fused-ring (bicyclic) bond motifs is 2. The first kappa shape index (κ1) is 19.3. The molecule has 1 N–H and O–H groups in total. The van der Waals surface area contributed by atoms with E-state index in [1.54, 1.807) is 12.3 Å². The van der Waals surface area contributed by atoms with Gasteiger partial charge in [0.05, 0.1) is 17.8 Å². The molecule has 0 saturated carbocycles. The highest BCUT2D eigenvalue weighted by molar-refractivity contribution is 6.01. The van der Waals surface area contributed by atoms with Crippen LogP contribution in [0.3, 0.4) is 0 Å². The van der Waals surface area contributed by atoms with Crippen LogP contribution in [-0.2, 0) is 6.54 Å². The number of nitriles is 1. The van der Waals surface area contributed by atoms with Gasteiger partial charge in [0.2, 0.25) is 0 Å². The van der Waals surface area contributed by atoms with E-state index in [1.165, 1.54) is 0 Å². The number of carbonyl (C=O) groups excluding carboxylic acids is 1. The summed E-state index contributed by atoms with van der Waals surface area (Å²) >= 11 is 0. The van der Waals surface area contributed by atoms with Crippen molar-refractivity contribution in [3.05, 3.63) is 108 Å². The standard InChI is InChI=1S/C26H18N4O2/c27-14-19-8-1-2-9-20(19)16-30-17-21(22-10-4-5-11-23(22)30)15-28-29-26(31)25-13-18-7-3-6-12-24(18)32-25/h1-13,15,17H,16H2,(H,29,31)/b28-15+. The molecule has 2 aromatic heterocycles. The molecule has 0 radical (unpaired) electrons. The van der Waals surface area contributed by atoms with Gasteiger partial charge in [0.15, 0.2) is 5.76 Å². The van der Waals surface area contributed by atoms with Gasteiger partial charge in [0.1, 0.15) is 5.58 Å². The predicted molar refractivity (Wildman–Crippen MR) is 123 cm³/mol. The average Bonchev–Trinajstić information content (AvgIpc) is 3.42. The fraction of sp³-hybridized carbons (Fsp3) is 0.0385. The zero-order valence-electron chi connectivity index (χ0n) is 17.0. The van der Waals surface area contributed by atoms with E-state index in [1.807, 2.05) is 79.0 Å². The van der Waals surface area contributed by atoms with Crippen molar-refractivity contribution in [2.24, 2.45) is 5.10 Å². The number of hydrogen-bond donors (Lipinski definition) is 1. The molecule has 0 atom stereocenters. The second kappa shape index (κ2) is 8.25. The Labute approximate surface area is 184 Å². The van der Waals surface area contributed by atoms with E-state index >= 15 is 0 Å². The first-order chi connectivity index (χ1) is 15.7. The molecular formula is C26H18N4O2. The minimum atomic E-state index is -0.413. The minimum Gasteiger partial charge on any atom is -0.451 e. The molecule has 1 amide bonds. The zero-order chi connectivity index (χ0) is 21.9. The van der Waals surface area contributed by atoms with Crippen molar-refractivity contribution in [2.45, 2.75) is 6.54 Å². The van der Waals surface area contributed by atoms with E-state index < -0.39 is 5.91 Å². The van der Waals surface area contributed by atoms with Gasteiger partial charge in [-0.3, -0.25) is 4.79 Å². The first-order valence-corrected chi connectivity index (χ1v) is 10.1. The summed E-state index contributed by atoms with van der Waals surface area (Å²) in [7, 11) is 0. The minimum absolute atomic E-state index is 0.207. The molecule has 0 unspecified atom stereocenters. The lowest BCUT2D eigenvalue weighted by Crippen LogP contribution is -2.16. The van der Waals surface area contributed by atoms with Gasteiger partial charge < -0.3 is 8.98 Å². The van der Waals surface area contributed by atoms with Crippen LogP contribution in [0, 0.1) is 11.3 Å². The van der Waals surface area contributed by atoms with Crippen LogP contribution in [0.15, 0.2) is 94.6 Å². The molecule has 0 aliphatic rings. The summed E-state index contributed by atoms with van der Waals surface area (Å²) < 4.78 is 7.66. The van der Waals surface area contributed by atoms with Crippen molar-refractivity contribution >= 4 is 34.0 Å². The summed E-state index contributed by atoms with van der Waals surface area (Å²) in [5.41, 5.74) is 6.66. The second-order valence-electron chi connectivity index (χ2n) is 7.35. The maximum atomic E-state index is 12.4. The fourth-order valence-corrected chi connectivity index (χ4v) is 3.77. The lowest BCUT2D eigenvalue weighted by atomic mass is 10.1.